The van der Waals surface area contributed by atoms with Gasteiger partial charge in [-0.15, -0.1) is 10.2 Å². The molecule has 35 heavy (non-hydrogen) atoms. The van der Waals surface area contributed by atoms with Crippen LogP contribution >= 0.6 is 0 Å². The lowest BCUT2D eigenvalue weighted by Crippen LogP contribution is -2.44. The molecule has 0 atom stereocenters. The van der Waals surface area contributed by atoms with Crippen LogP contribution in [-0.4, -0.2) is 71.2 Å². The molecule has 4 rings (SSSR count). The number of halogens is 4. The van der Waals surface area contributed by atoms with Crippen molar-refractivity contribution in [3.63, 3.8) is 0 Å². The van der Waals surface area contributed by atoms with Crippen molar-refractivity contribution in [3.05, 3.63) is 60.0 Å². The van der Waals surface area contributed by atoms with E-state index in [2.05, 4.69) is 43.4 Å². The standard InChI is InChI=1S/C16H10F4N4O2.C7H16N2/c17-11-2-5-13(6-3-11)24(9-25)8-12-4-1-10(7-21-12)14-22-23-15(26-14)16(18,19)20;1-3-9-6-4-8(2)5-7-9/h1-7,9H,8H2;3-7H2,1-2H3. The SMILES string of the molecule is CCN1CCN(C)CC1.O=CN(Cc1ccc(-c2nnc(C(F)(F)F)o2)cn1)c1ccc(F)cc1. The van der Waals surface area contributed by atoms with Gasteiger partial charge >= 0.3 is 12.1 Å². The Morgan fingerprint density at radius 2 is 1.74 bits per heavy atom. The van der Waals surface area contributed by atoms with Gasteiger partial charge in [-0.2, -0.15) is 13.2 Å². The molecule has 2 aromatic heterocycles. The zero-order valence-corrected chi connectivity index (χ0v) is 19.4. The first-order chi connectivity index (χ1) is 16.7. The highest BCUT2D eigenvalue weighted by molar-refractivity contribution is 5.74. The highest BCUT2D eigenvalue weighted by Gasteiger charge is 2.38. The summed E-state index contributed by atoms with van der Waals surface area (Å²) in [6, 6.07) is 8.27. The lowest BCUT2D eigenvalue weighted by Gasteiger charge is -2.31. The fourth-order valence-electron chi connectivity index (χ4n) is 3.26. The van der Waals surface area contributed by atoms with Crippen LogP contribution in [0.2, 0.25) is 0 Å². The molecule has 1 saturated heterocycles. The molecular weight excluding hydrogens is 468 g/mol. The Bertz CT molecular complexity index is 1060. The molecule has 1 aliphatic rings. The average Bonchev–Trinajstić information content (AvgIpc) is 3.36. The van der Waals surface area contributed by atoms with Gasteiger partial charge in [0.25, 0.3) is 0 Å². The molecule has 0 saturated carbocycles. The maximum absolute atomic E-state index is 13.0. The summed E-state index contributed by atoms with van der Waals surface area (Å²) in [6.45, 7) is 8.54. The lowest BCUT2D eigenvalue weighted by molar-refractivity contribution is -0.156. The molecular formula is C23H26F4N6O2. The van der Waals surface area contributed by atoms with Gasteiger partial charge in [0.1, 0.15) is 5.82 Å². The normalized spacial score (nSPS) is 14.8. The van der Waals surface area contributed by atoms with Gasteiger partial charge < -0.3 is 19.1 Å². The second kappa shape index (κ2) is 11.8. The van der Waals surface area contributed by atoms with Crippen molar-refractivity contribution in [2.24, 2.45) is 0 Å². The van der Waals surface area contributed by atoms with E-state index in [1.807, 2.05) is 0 Å². The highest BCUT2D eigenvalue weighted by Crippen LogP contribution is 2.30. The second-order valence-corrected chi connectivity index (χ2v) is 7.90. The van der Waals surface area contributed by atoms with Gasteiger partial charge in [-0.1, -0.05) is 6.92 Å². The van der Waals surface area contributed by atoms with E-state index >= 15 is 0 Å². The van der Waals surface area contributed by atoms with Gasteiger partial charge in [-0.25, -0.2) is 4.39 Å². The summed E-state index contributed by atoms with van der Waals surface area (Å²) in [6.07, 6.45) is -2.90. The number of piperazine rings is 1. The zero-order valence-electron chi connectivity index (χ0n) is 19.4. The lowest BCUT2D eigenvalue weighted by atomic mass is 10.2. The first-order valence-corrected chi connectivity index (χ1v) is 10.9. The molecule has 1 amide bonds. The Balaban J connectivity index is 0.000000320. The molecule has 3 aromatic rings. The van der Waals surface area contributed by atoms with E-state index in [4.69, 9.17) is 0 Å². The number of rotatable bonds is 6. The van der Waals surface area contributed by atoms with Crippen LogP contribution in [-0.2, 0) is 17.5 Å². The van der Waals surface area contributed by atoms with Gasteiger partial charge in [0.2, 0.25) is 12.3 Å². The van der Waals surface area contributed by atoms with Crippen molar-refractivity contribution in [3.8, 4) is 11.5 Å². The number of alkyl halides is 3. The number of aromatic nitrogens is 3. The minimum Gasteiger partial charge on any atom is -0.413 e. The minimum atomic E-state index is -4.72. The van der Waals surface area contributed by atoms with Gasteiger partial charge in [0.05, 0.1) is 17.8 Å². The maximum Gasteiger partial charge on any atom is 0.470 e. The van der Waals surface area contributed by atoms with Crippen molar-refractivity contribution >= 4 is 12.1 Å². The van der Waals surface area contributed by atoms with Crippen LogP contribution in [0, 0.1) is 5.82 Å². The molecule has 3 heterocycles. The van der Waals surface area contributed by atoms with Gasteiger partial charge in [0.15, 0.2) is 0 Å². The molecule has 0 spiro atoms. The zero-order chi connectivity index (χ0) is 25.4. The maximum atomic E-state index is 13.0. The smallest absolute Gasteiger partial charge is 0.413 e. The molecule has 0 N–H and O–H groups in total. The number of carbonyl (C=O) groups is 1. The van der Waals surface area contributed by atoms with Gasteiger partial charge in [-0.3, -0.25) is 9.78 Å². The highest BCUT2D eigenvalue weighted by atomic mass is 19.4. The van der Waals surface area contributed by atoms with Crippen molar-refractivity contribution in [2.45, 2.75) is 19.6 Å². The molecule has 0 unspecified atom stereocenters. The Labute approximate surface area is 200 Å². The van der Waals surface area contributed by atoms with Crippen LogP contribution in [0.15, 0.2) is 47.0 Å². The van der Waals surface area contributed by atoms with E-state index in [1.165, 1.54) is 80.2 Å². The van der Waals surface area contributed by atoms with Crippen LogP contribution in [0.1, 0.15) is 18.5 Å². The summed E-state index contributed by atoms with van der Waals surface area (Å²) in [7, 11) is 2.19. The van der Waals surface area contributed by atoms with Crippen LogP contribution in [0.3, 0.4) is 0 Å². The Morgan fingerprint density at radius 3 is 2.26 bits per heavy atom. The first kappa shape index (κ1) is 26.2. The minimum absolute atomic E-state index is 0.0903. The predicted molar refractivity (Wildman–Crippen MR) is 121 cm³/mol. The molecule has 0 bridgehead atoms. The van der Waals surface area contributed by atoms with E-state index in [0.717, 1.165) is 0 Å². The van der Waals surface area contributed by atoms with E-state index in [9.17, 15) is 22.4 Å². The second-order valence-electron chi connectivity index (χ2n) is 7.90. The molecule has 0 aliphatic carbocycles. The van der Waals surface area contributed by atoms with E-state index in [1.54, 1.807) is 0 Å². The third-order valence-corrected chi connectivity index (χ3v) is 5.40. The third kappa shape index (κ3) is 7.55. The average molecular weight is 494 g/mol. The molecule has 0 radical (unpaired) electrons. The van der Waals surface area contributed by atoms with Crippen LogP contribution in [0.4, 0.5) is 23.2 Å². The van der Waals surface area contributed by atoms with E-state index in [0.29, 0.717) is 17.8 Å². The summed E-state index contributed by atoms with van der Waals surface area (Å²) < 4.78 is 54.9. The van der Waals surface area contributed by atoms with E-state index in [-0.39, 0.29) is 18.0 Å². The largest absolute Gasteiger partial charge is 0.470 e. The Hall–Kier alpha value is -3.38. The Morgan fingerprint density at radius 1 is 1.06 bits per heavy atom. The van der Waals surface area contributed by atoms with E-state index < -0.39 is 17.9 Å². The van der Waals surface area contributed by atoms with Crippen LogP contribution < -0.4 is 4.90 Å². The fraction of sp³-hybridized carbons (Fsp3) is 0.391. The number of nitrogens with zero attached hydrogens (tertiary/aromatic N) is 6. The number of anilines is 1. The fourth-order valence-corrected chi connectivity index (χ4v) is 3.26. The van der Waals surface area contributed by atoms with Gasteiger partial charge in [0, 0.05) is 38.1 Å². The number of pyridine rings is 1. The first-order valence-electron chi connectivity index (χ1n) is 10.9. The quantitative estimate of drug-likeness (QED) is 0.382. The van der Waals surface area contributed by atoms with Gasteiger partial charge in [-0.05, 0) is 50.0 Å². The van der Waals surface area contributed by atoms with Crippen molar-refractivity contribution < 1.29 is 26.8 Å². The molecule has 188 valence electrons. The van der Waals surface area contributed by atoms with Crippen molar-refractivity contribution in [2.75, 3.05) is 44.7 Å². The summed E-state index contributed by atoms with van der Waals surface area (Å²) in [5.74, 6) is -2.19. The molecule has 8 nitrogen and oxygen atoms in total. The topological polar surface area (TPSA) is 78.6 Å². The number of amides is 1. The third-order valence-electron chi connectivity index (χ3n) is 5.40. The van der Waals surface area contributed by atoms with Crippen LogP contribution in [0.5, 0.6) is 0 Å². The monoisotopic (exact) mass is 494 g/mol. The number of hydrogen-bond acceptors (Lipinski definition) is 7. The number of benzene rings is 1. The summed E-state index contributed by atoms with van der Waals surface area (Å²) in [4.78, 5) is 21.5. The van der Waals surface area contributed by atoms with Crippen molar-refractivity contribution in [1.29, 1.82) is 0 Å². The summed E-state index contributed by atoms with van der Waals surface area (Å²) >= 11 is 0. The van der Waals surface area contributed by atoms with Crippen LogP contribution in [0.25, 0.3) is 11.5 Å². The predicted octanol–water partition coefficient (Wildman–Crippen LogP) is 3.71. The molecule has 1 aliphatic heterocycles. The summed E-state index contributed by atoms with van der Waals surface area (Å²) in [5.41, 5.74) is 1.14. The number of hydrogen-bond donors (Lipinski definition) is 0. The molecule has 1 aromatic carbocycles. The summed E-state index contributed by atoms with van der Waals surface area (Å²) in [5, 5.41) is 6.28. The number of carbonyl (C=O) groups excluding carboxylic acids is 1. The molecule has 12 heteroatoms. The Kier molecular flexibility index (Phi) is 8.88. The number of likely N-dealkylation sites (N-methyl/N-ethyl adjacent to an activating group) is 2. The van der Waals surface area contributed by atoms with Crippen molar-refractivity contribution in [1.82, 2.24) is 25.0 Å². The molecule has 1 fully saturated rings.